The highest BCUT2D eigenvalue weighted by Crippen LogP contribution is 2.06. The summed E-state index contributed by atoms with van der Waals surface area (Å²) < 4.78 is 9.56. The summed E-state index contributed by atoms with van der Waals surface area (Å²) in [5.41, 5.74) is -0.563. The maximum absolute atomic E-state index is 11.1. The molecule has 0 spiro atoms. The topological polar surface area (TPSA) is 52.6 Å². The van der Waals surface area contributed by atoms with Gasteiger partial charge in [-0.25, -0.2) is 9.59 Å². The van der Waals surface area contributed by atoms with E-state index in [-0.39, 0.29) is 6.61 Å². The third kappa shape index (κ3) is 8.74. The van der Waals surface area contributed by atoms with Crippen LogP contribution in [0.2, 0.25) is 0 Å². The molecule has 0 aromatic heterocycles. The van der Waals surface area contributed by atoms with Gasteiger partial charge >= 0.3 is 11.9 Å². The molecule has 0 rings (SSSR count). The van der Waals surface area contributed by atoms with Crippen molar-refractivity contribution in [3.05, 3.63) is 24.8 Å². The lowest BCUT2D eigenvalue weighted by Gasteiger charge is -2.17. The summed E-state index contributed by atoms with van der Waals surface area (Å²) in [6.07, 6.45) is 3.51. The SMILES string of the molecule is C=CCOC(=O)/C=C/C(=O)OC(C)(C)C. The van der Waals surface area contributed by atoms with E-state index in [9.17, 15) is 9.59 Å². The molecule has 15 heavy (non-hydrogen) atoms. The minimum Gasteiger partial charge on any atom is -0.458 e. The Morgan fingerprint density at radius 3 is 2.20 bits per heavy atom. The van der Waals surface area contributed by atoms with Gasteiger partial charge in [0.1, 0.15) is 12.2 Å². The van der Waals surface area contributed by atoms with Gasteiger partial charge in [-0.2, -0.15) is 0 Å². The van der Waals surface area contributed by atoms with Crippen molar-refractivity contribution in [1.29, 1.82) is 0 Å². The van der Waals surface area contributed by atoms with Crippen LogP contribution >= 0.6 is 0 Å². The van der Waals surface area contributed by atoms with Crippen molar-refractivity contribution in [3.8, 4) is 0 Å². The standard InChI is InChI=1S/C11H16O4/c1-5-8-14-9(12)6-7-10(13)15-11(2,3)4/h5-7H,1,8H2,2-4H3/b7-6+. The fourth-order valence-corrected chi connectivity index (χ4v) is 0.661. The molecular formula is C11H16O4. The van der Waals surface area contributed by atoms with Crippen molar-refractivity contribution in [1.82, 2.24) is 0 Å². The van der Waals surface area contributed by atoms with Crippen molar-refractivity contribution in [3.63, 3.8) is 0 Å². The van der Waals surface area contributed by atoms with Crippen molar-refractivity contribution in [2.75, 3.05) is 6.61 Å². The third-order valence-electron chi connectivity index (χ3n) is 1.11. The first kappa shape index (κ1) is 13.4. The van der Waals surface area contributed by atoms with Crippen LogP contribution in [-0.4, -0.2) is 24.1 Å². The summed E-state index contributed by atoms with van der Waals surface area (Å²) >= 11 is 0. The van der Waals surface area contributed by atoms with E-state index in [0.29, 0.717) is 0 Å². The summed E-state index contributed by atoms with van der Waals surface area (Å²) in [7, 11) is 0. The number of ether oxygens (including phenoxy) is 2. The molecule has 0 radical (unpaired) electrons. The van der Waals surface area contributed by atoms with E-state index in [2.05, 4.69) is 11.3 Å². The second-order valence-electron chi connectivity index (χ2n) is 3.79. The van der Waals surface area contributed by atoms with E-state index in [1.54, 1.807) is 20.8 Å². The molecule has 0 aromatic carbocycles. The first-order valence-electron chi connectivity index (χ1n) is 4.54. The lowest BCUT2D eigenvalue weighted by atomic mass is 10.2. The maximum atomic E-state index is 11.1. The molecule has 0 aromatic rings. The van der Waals surface area contributed by atoms with Gasteiger partial charge in [0.15, 0.2) is 0 Å². The molecule has 0 heterocycles. The summed E-state index contributed by atoms with van der Waals surface area (Å²) in [5, 5.41) is 0. The van der Waals surface area contributed by atoms with Crippen LogP contribution in [0.1, 0.15) is 20.8 Å². The molecular weight excluding hydrogens is 196 g/mol. The van der Waals surface area contributed by atoms with Gasteiger partial charge in [-0.3, -0.25) is 0 Å². The molecule has 0 fully saturated rings. The largest absolute Gasteiger partial charge is 0.458 e. The Labute approximate surface area is 89.6 Å². The fraction of sp³-hybridized carbons (Fsp3) is 0.455. The molecule has 0 amide bonds. The molecule has 0 saturated carbocycles. The van der Waals surface area contributed by atoms with Crippen LogP contribution in [0.3, 0.4) is 0 Å². The van der Waals surface area contributed by atoms with E-state index in [1.165, 1.54) is 6.08 Å². The number of carbonyl (C=O) groups is 2. The summed E-state index contributed by atoms with van der Waals surface area (Å²) in [6, 6.07) is 0. The number of carbonyl (C=O) groups excluding carboxylic acids is 2. The molecule has 84 valence electrons. The number of esters is 2. The molecule has 0 aliphatic rings. The number of hydrogen-bond donors (Lipinski definition) is 0. The van der Waals surface area contributed by atoms with E-state index >= 15 is 0 Å². The van der Waals surface area contributed by atoms with Gasteiger partial charge in [-0.05, 0) is 20.8 Å². The van der Waals surface area contributed by atoms with Gasteiger partial charge in [0, 0.05) is 12.2 Å². The average Bonchev–Trinajstić information content (AvgIpc) is 2.08. The van der Waals surface area contributed by atoms with E-state index in [1.807, 2.05) is 0 Å². The highest BCUT2D eigenvalue weighted by molar-refractivity contribution is 5.91. The lowest BCUT2D eigenvalue weighted by molar-refractivity contribution is -0.149. The van der Waals surface area contributed by atoms with Gasteiger partial charge in [-0.1, -0.05) is 12.7 Å². The molecule has 0 aliphatic carbocycles. The zero-order valence-corrected chi connectivity index (χ0v) is 9.28. The molecule has 0 bridgehead atoms. The van der Waals surface area contributed by atoms with E-state index < -0.39 is 17.5 Å². The Bertz CT molecular complexity index is 271. The Balaban J connectivity index is 4.00. The van der Waals surface area contributed by atoms with Crippen LogP contribution in [0, 0.1) is 0 Å². The van der Waals surface area contributed by atoms with Crippen LogP contribution in [0.25, 0.3) is 0 Å². The van der Waals surface area contributed by atoms with Crippen LogP contribution in [0.5, 0.6) is 0 Å². The highest BCUT2D eigenvalue weighted by Gasteiger charge is 2.14. The normalized spacial score (nSPS) is 11.1. The maximum Gasteiger partial charge on any atom is 0.331 e. The molecule has 4 nitrogen and oxygen atoms in total. The smallest absolute Gasteiger partial charge is 0.331 e. The van der Waals surface area contributed by atoms with Gasteiger partial charge in [-0.15, -0.1) is 0 Å². The van der Waals surface area contributed by atoms with Gasteiger partial charge in [0.25, 0.3) is 0 Å². The quantitative estimate of drug-likeness (QED) is 0.403. The Morgan fingerprint density at radius 1 is 1.20 bits per heavy atom. The van der Waals surface area contributed by atoms with Crippen LogP contribution in [0.15, 0.2) is 24.8 Å². The van der Waals surface area contributed by atoms with Crippen LogP contribution in [-0.2, 0) is 19.1 Å². The molecule has 0 N–H and O–H groups in total. The molecule has 0 aliphatic heterocycles. The van der Waals surface area contributed by atoms with Gasteiger partial charge in [0.2, 0.25) is 0 Å². The van der Waals surface area contributed by atoms with Crippen molar-refractivity contribution < 1.29 is 19.1 Å². The molecule has 0 atom stereocenters. The first-order valence-corrected chi connectivity index (χ1v) is 4.54. The number of rotatable bonds is 4. The Morgan fingerprint density at radius 2 is 1.73 bits per heavy atom. The fourth-order valence-electron chi connectivity index (χ4n) is 0.661. The van der Waals surface area contributed by atoms with Crippen molar-refractivity contribution in [2.24, 2.45) is 0 Å². The van der Waals surface area contributed by atoms with Crippen LogP contribution < -0.4 is 0 Å². The van der Waals surface area contributed by atoms with Gasteiger partial charge in [0.05, 0.1) is 0 Å². The predicted octanol–water partition coefficient (Wildman–Crippen LogP) is 1.61. The summed E-state index contributed by atoms with van der Waals surface area (Å²) in [5.74, 6) is -1.17. The first-order chi connectivity index (χ1) is 6.85. The van der Waals surface area contributed by atoms with Crippen LogP contribution in [0.4, 0.5) is 0 Å². The zero-order valence-electron chi connectivity index (χ0n) is 9.28. The second-order valence-corrected chi connectivity index (χ2v) is 3.79. The zero-order chi connectivity index (χ0) is 11.9. The third-order valence-corrected chi connectivity index (χ3v) is 1.11. The molecule has 0 saturated heterocycles. The molecule has 4 heteroatoms. The van der Waals surface area contributed by atoms with E-state index in [0.717, 1.165) is 12.2 Å². The lowest BCUT2D eigenvalue weighted by Crippen LogP contribution is -2.22. The summed E-state index contributed by atoms with van der Waals surface area (Å²) in [4.78, 5) is 22.0. The summed E-state index contributed by atoms with van der Waals surface area (Å²) in [6.45, 7) is 8.74. The average molecular weight is 212 g/mol. The highest BCUT2D eigenvalue weighted by atomic mass is 16.6. The molecule has 0 unspecified atom stereocenters. The van der Waals surface area contributed by atoms with E-state index in [4.69, 9.17) is 4.74 Å². The minimum atomic E-state index is -0.597. The van der Waals surface area contributed by atoms with Gasteiger partial charge < -0.3 is 9.47 Å². The predicted molar refractivity (Wildman–Crippen MR) is 56.1 cm³/mol. The second kappa shape index (κ2) is 6.01. The van der Waals surface area contributed by atoms with Crippen molar-refractivity contribution >= 4 is 11.9 Å². The van der Waals surface area contributed by atoms with Crippen molar-refractivity contribution in [2.45, 2.75) is 26.4 Å². The Kier molecular flexibility index (Phi) is 5.37. The Hall–Kier alpha value is -1.58. The minimum absolute atomic E-state index is 0.123. The number of hydrogen-bond acceptors (Lipinski definition) is 4. The monoisotopic (exact) mass is 212 g/mol.